The zero-order valence-corrected chi connectivity index (χ0v) is 16.7. The average Bonchev–Trinajstić information content (AvgIpc) is 3.00. The summed E-state index contributed by atoms with van der Waals surface area (Å²) in [6.45, 7) is 3.19. The standard InChI is InChI=1S/C23H25N3O3/c1-28-13-10-24-17-14-18(26-11-6-2-3-7-12-26)21-20-19(17)22(27)15-8-4-5-9-16(15)23(20)29-25-21/h4-5,8-9,14,24H,2-3,6-7,10-13H2,1H3. The van der Waals surface area contributed by atoms with Gasteiger partial charge in [0.05, 0.1) is 23.2 Å². The van der Waals surface area contributed by atoms with Gasteiger partial charge in [-0.3, -0.25) is 4.79 Å². The molecule has 0 bridgehead atoms. The first-order valence-electron chi connectivity index (χ1n) is 10.4. The molecule has 1 aliphatic heterocycles. The van der Waals surface area contributed by atoms with Gasteiger partial charge < -0.3 is 19.5 Å². The Morgan fingerprint density at radius 2 is 1.90 bits per heavy atom. The van der Waals surface area contributed by atoms with Crippen LogP contribution in [-0.2, 0) is 4.74 Å². The molecule has 1 aliphatic carbocycles. The van der Waals surface area contributed by atoms with Gasteiger partial charge in [0.15, 0.2) is 11.5 Å². The van der Waals surface area contributed by atoms with Gasteiger partial charge in [0.25, 0.3) is 0 Å². The highest BCUT2D eigenvalue weighted by atomic mass is 16.5. The number of carbonyl (C=O) groups is 1. The number of methoxy groups -OCH3 is 1. The van der Waals surface area contributed by atoms with Gasteiger partial charge in [-0.2, -0.15) is 0 Å². The lowest BCUT2D eigenvalue weighted by atomic mass is 9.86. The molecular formula is C23H25N3O3. The van der Waals surface area contributed by atoms with E-state index >= 15 is 0 Å². The maximum atomic E-state index is 13.4. The Kier molecular flexibility index (Phi) is 4.72. The van der Waals surface area contributed by atoms with E-state index < -0.39 is 0 Å². The zero-order valence-electron chi connectivity index (χ0n) is 16.7. The van der Waals surface area contributed by atoms with Crippen molar-refractivity contribution in [3.05, 3.63) is 41.5 Å². The second-order valence-electron chi connectivity index (χ2n) is 7.75. The topological polar surface area (TPSA) is 67.6 Å². The number of anilines is 2. The van der Waals surface area contributed by atoms with Gasteiger partial charge >= 0.3 is 0 Å². The zero-order chi connectivity index (χ0) is 19.8. The van der Waals surface area contributed by atoms with E-state index in [9.17, 15) is 4.79 Å². The first-order chi connectivity index (χ1) is 14.3. The fraction of sp³-hybridized carbons (Fsp3) is 0.391. The number of benzene rings is 2. The lowest BCUT2D eigenvalue weighted by molar-refractivity contribution is 0.104. The van der Waals surface area contributed by atoms with E-state index in [0.717, 1.165) is 40.9 Å². The van der Waals surface area contributed by atoms with Crippen LogP contribution in [0.4, 0.5) is 11.4 Å². The van der Waals surface area contributed by atoms with Crippen LogP contribution >= 0.6 is 0 Å². The third kappa shape index (κ3) is 2.99. The van der Waals surface area contributed by atoms with Crippen LogP contribution in [0.15, 0.2) is 34.9 Å². The molecule has 1 N–H and O–H groups in total. The van der Waals surface area contributed by atoms with Gasteiger partial charge in [0.2, 0.25) is 0 Å². The molecule has 1 fully saturated rings. The van der Waals surface area contributed by atoms with Crippen molar-refractivity contribution in [2.75, 3.05) is 43.6 Å². The number of ether oxygens (including phenoxy) is 1. The van der Waals surface area contributed by atoms with Gasteiger partial charge in [-0.15, -0.1) is 0 Å². The van der Waals surface area contributed by atoms with Crippen molar-refractivity contribution in [1.82, 2.24) is 5.16 Å². The Hall–Kier alpha value is -2.86. The SMILES string of the molecule is COCCNc1cc(N2CCCCCC2)c2noc3c2c1C(=O)c1ccccc1-3. The molecule has 2 heterocycles. The Bertz CT molecular complexity index is 1060. The van der Waals surface area contributed by atoms with Crippen molar-refractivity contribution in [3.63, 3.8) is 0 Å². The number of fused-ring (bicyclic) bond motifs is 2. The summed E-state index contributed by atoms with van der Waals surface area (Å²) in [4.78, 5) is 15.8. The first kappa shape index (κ1) is 18.2. The summed E-state index contributed by atoms with van der Waals surface area (Å²) in [7, 11) is 1.68. The normalized spacial score (nSPS) is 16.0. The Morgan fingerprint density at radius 1 is 1.14 bits per heavy atom. The van der Waals surface area contributed by atoms with Crippen molar-refractivity contribution in [2.45, 2.75) is 25.7 Å². The number of nitrogens with zero attached hydrogens (tertiary/aromatic N) is 2. The summed E-state index contributed by atoms with van der Waals surface area (Å²) in [6.07, 6.45) is 4.85. The Morgan fingerprint density at radius 3 is 2.66 bits per heavy atom. The van der Waals surface area contributed by atoms with Crippen molar-refractivity contribution in [3.8, 4) is 11.3 Å². The molecule has 0 unspecified atom stereocenters. The number of rotatable bonds is 5. The van der Waals surface area contributed by atoms with Gasteiger partial charge in [-0.1, -0.05) is 42.3 Å². The molecule has 0 amide bonds. The highest BCUT2D eigenvalue weighted by Gasteiger charge is 2.33. The first-order valence-corrected chi connectivity index (χ1v) is 10.4. The maximum Gasteiger partial charge on any atom is 0.196 e. The van der Waals surface area contributed by atoms with Crippen molar-refractivity contribution < 1.29 is 14.1 Å². The van der Waals surface area contributed by atoms with Crippen LogP contribution in [-0.4, -0.2) is 44.3 Å². The van der Waals surface area contributed by atoms with Crippen molar-refractivity contribution in [1.29, 1.82) is 0 Å². The number of carbonyl (C=O) groups excluding carboxylic acids is 1. The third-order valence-corrected chi connectivity index (χ3v) is 5.95. The van der Waals surface area contributed by atoms with Gasteiger partial charge in [-0.05, 0) is 18.9 Å². The molecule has 5 rings (SSSR count). The van der Waals surface area contributed by atoms with Crippen LogP contribution in [0.3, 0.4) is 0 Å². The monoisotopic (exact) mass is 391 g/mol. The molecule has 150 valence electrons. The molecule has 6 nitrogen and oxygen atoms in total. The molecular weight excluding hydrogens is 366 g/mol. The summed E-state index contributed by atoms with van der Waals surface area (Å²) in [5.41, 5.74) is 4.81. The lowest BCUT2D eigenvalue weighted by Crippen LogP contribution is -2.25. The molecule has 3 aromatic rings. The number of ketones is 1. The van der Waals surface area contributed by atoms with Crippen LogP contribution in [0.5, 0.6) is 0 Å². The lowest BCUT2D eigenvalue weighted by Gasteiger charge is -2.26. The second-order valence-corrected chi connectivity index (χ2v) is 7.75. The molecule has 0 atom stereocenters. The summed E-state index contributed by atoms with van der Waals surface area (Å²) < 4.78 is 11.0. The minimum Gasteiger partial charge on any atom is -0.383 e. The highest BCUT2D eigenvalue weighted by Crippen LogP contribution is 2.45. The number of aromatic nitrogens is 1. The molecule has 1 saturated heterocycles. The fourth-order valence-electron chi connectivity index (χ4n) is 4.52. The number of nitrogens with one attached hydrogen (secondary N) is 1. The van der Waals surface area contributed by atoms with E-state index in [1.165, 1.54) is 25.7 Å². The number of hydrogen-bond acceptors (Lipinski definition) is 6. The van der Waals surface area contributed by atoms with E-state index in [4.69, 9.17) is 9.26 Å². The van der Waals surface area contributed by atoms with Crippen LogP contribution in [0.25, 0.3) is 22.2 Å². The highest BCUT2D eigenvalue weighted by molar-refractivity contribution is 6.28. The molecule has 2 aromatic carbocycles. The smallest absolute Gasteiger partial charge is 0.196 e. The van der Waals surface area contributed by atoms with Crippen molar-refractivity contribution in [2.24, 2.45) is 0 Å². The summed E-state index contributed by atoms with van der Waals surface area (Å²) in [6, 6.07) is 9.70. The Labute approximate surface area is 169 Å². The second kappa shape index (κ2) is 7.52. The van der Waals surface area contributed by atoms with Crippen molar-refractivity contribution >= 4 is 28.1 Å². The molecule has 0 saturated carbocycles. The minimum absolute atomic E-state index is 0.0173. The summed E-state index contributed by atoms with van der Waals surface area (Å²) in [5.74, 6) is 0.709. The fourth-order valence-corrected chi connectivity index (χ4v) is 4.52. The minimum atomic E-state index is 0.0173. The Balaban J connectivity index is 1.73. The average molecular weight is 391 g/mol. The largest absolute Gasteiger partial charge is 0.383 e. The van der Waals surface area contributed by atoms with Crippen LogP contribution in [0, 0.1) is 0 Å². The predicted octanol–water partition coefficient (Wildman–Crippen LogP) is 4.48. The molecule has 29 heavy (non-hydrogen) atoms. The number of hydrogen-bond donors (Lipinski definition) is 1. The molecule has 6 heteroatoms. The molecule has 1 aromatic heterocycles. The summed E-state index contributed by atoms with van der Waals surface area (Å²) >= 11 is 0. The van der Waals surface area contributed by atoms with E-state index in [0.29, 0.717) is 30.0 Å². The van der Waals surface area contributed by atoms with E-state index in [2.05, 4.69) is 21.4 Å². The van der Waals surface area contributed by atoms with E-state index in [1.54, 1.807) is 7.11 Å². The predicted molar refractivity (Wildman–Crippen MR) is 114 cm³/mol. The molecule has 0 spiro atoms. The van der Waals surface area contributed by atoms with Gasteiger partial charge in [-0.25, -0.2) is 0 Å². The van der Waals surface area contributed by atoms with Gasteiger partial charge in [0, 0.05) is 43.6 Å². The molecule has 0 radical (unpaired) electrons. The molecule has 2 aliphatic rings. The van der Waals surface area contributed by atoms with Crippen LogP contribution < -0.4 is 10.2 Å². The summed E-state index contributed by atoms with van der Waals surface area (Å²) in [5, 5.41) is 8.70. The quantitative estimate of drug-likeness (QED) is 0.506. The maximum absolute atomic E-state index is 13.4. The van der Waals surface area contributed by atoms with Crippen LogP contribution in [0.2, 0.25) is 0 Å². The van der Waals surface area contributed by atoms with E-state index in [-0.39, 0.29) is 5.78 Å². The van der Waals surface area contributed by atoms with Crippen LogP contribution in [0.1, 0.15) is 41.6 Å². The van der Waals surface area contributed by atoms with Gasteiger partial charge in [0.1, 0.15) is 5.52 Å². The third-order valence-electron chi connectivity index (χ3n) is 5.95. The van der Waals surface area contributed by atoms with E-state index in [1.807, 2.05) is 24.3 Å².